The summed E-state index contributed by atoms with van der Waals surface area (Å²) in [7, 11) is -1.29. The molecule has 33 heavy (non-hydrogen) atoms. The van der Waals surface area contributed by atoms with Crippen LogP contribution in [0.25, 0.3) is 10.8 Å². The quantitative estimate of drug-likeness (QED) is 0.550. The third kappa shape index (κ3) is 6.64. The highest BCUT2D eigenvalue weighted by Crippen LogP contribution is 2.31. The minimum absolute atomic E-state index is 0.00489. The van der Waals surface area contributed by atoms with E-state index in [1.54, 1.807) is 10.6 Å². The number of piperidine rings is 1. The molecule has 176 valence electrons. The van der Waals surface area contributed by atoms with Crippen LogP contribution < -0.4 is 10.6 Å². The molecule has 2 unspecified atom stereocenters. The second-order valence-electron chi connectivity index (χ2n) is 8.27. The lowest BCUT2D eigenvalue weighted by Gasteiger charge is -2.39. The summed E-state index contributed by atoms with van der Waals surface area (Å²) in [5.41, 5.74) is 1.31. The van der Waals surface area contributed by atoms with Crippen molar-refractivity contribution >= 4 is 33.6 Å². The molecule has 0 radical (unpaired) electrons. The third-order valence-corrected chi connectivity index (χ3v) is 7.28. The summed E-state index contributed by atoms with van der Waals surface area (Å²) in [5.74, 6) is 1.64. The average molecular weight is 469 g/mol. The van der Waals surface area contributed by atoms with Crippen molar-refractivity contribution in [3.8, 4) is 12.3 Å². The summed E-state index contributed by atoms with van der Waals surface area (Å²) in [6.45, 7) is 3.92. The number of likely N-dealkylation sites (tertiary alicyclic amines) is 1. The van der Waals surface area contributed by atoms with Gasteiger partial charge in [-0.3, -0.25) is 14.5 Å². The van der Waals surface area contributed by atoms with Crippen LogP contribution in [-0.4, -0.2) is 70.2 Å². The molecule has 1 saturated heterocycles. The first kappa shape index (κ1) is 24.9. The molecule has 0 aliphatic carbocycles. The third-order valence-electron chi connectivity index (χ3n) is 6.19. The van der Waals surface area contributed by atoms with Gasteiger partial charge in [-0.1, -0.05) is 48.4 Å². The number of carbonyl (C=O) groups excluding carboxylic acids is 2. The van der Waals surface area contributed by atoms with Gasteiger partial charge in [-0.05, 0) is 36.1 Å². The largest absolute Gasteiger partial charge is 0.346 e. The molecule has 1 aliphatic heterocycles. The van der Waals surface area contributed by atoms with Gasteiger partial charge in [0.05, 0.1) is 30.6 Å². The van der Waals surface area contributed by atoms with E-state index in [4.69, 9.17) is 6.42 Å². The van der Waals surface area contributed by atoms with Crippen LogP contribution in [0.3, 0.4) is 0 Å². The number of benzene rings is 2. The van der Waals surface area contributed by atoms with Crippen LogP contribution in [0.15, 0.2) is 42.5 Å². The molecule has 3 rings (SSSR count). The van der Waals surface area contributed by atoms with Crippen molar-refractivity contribution in [1.82, 2.24) is 19.8 Å². The molecule has 0 bridgehead atoms. The lowest BCUT2D eigenvalue weighted by Crippen LogP contribution is -2.49. The van der Waals surface area contributed by atoms with Gasteiger partial charge in [-0.2, -0.15) is 0 Å². The Morgan fingerprint density at radius 1 is 1.15 bits per heavy atom. The van der Waals surface area contributed by atoms with Crippen LogP contribution in [0.5, 0.6) is 0 Å². The van der Waals surface area contributed by atoms with Crippen LogP contribution in [0.4, 0.5) is 0 Å². The van der Waals surface area contributed by atoms with E-state index < -0.39 is 11.0 Å². The molecule has 0 saturated carbocycles. The SMILES string of the molecule is C#CCNC(=O)CNC(=O)CN(C1CCN(C(C)c2cccc3ccccc23)CC1)S(C)=O. The van der Waals surface area contributed by atoms with Crippen LogP contribution in [0.2, 0.25) is 0 Å². The van der Waals surface area contributed by atoms with Crippen molar-refractivity contribution < 1.29 is 13.8 Å². The maximum absolute atomic E-state index is 12.4. The number of nitrogens with zero attached hydrogens (tertiary/aromatic N) is 2. The molecule has 2 aromatic rings. The molecular weight excluding hydrogens is 436 g/mol. The summed E-state index contributed by atoms with van der Waals surface area (Å²) in [6, 6.07) is 15.2. The smallest absolute Gasteiger partial charge is 0.240 e. The summed E-state index contributed by atoms with van der Waals surface area (Å²) in [4.78, 5) is 26.4. The zero-order valence-corrected chi connectivity index (χ0v) is 20.1. The molecule has 1 aliphatic rings. The van der Waals surface area contributed by atoms with Gasteiger partial charge in [0, 0.05) is 31.4 Å². The van der Waals surface area contributed by atoms with Gasteiger partial charge in [-0.25, -0.2) is 8.51 Å². The Balaban J connectivity index is 1.56. The first-order valence-electron chi connectivity index (χ1n) is 11.2. The lowest BCUT2D eigenvalue weighted by atomic mass is 9.96. The highest BCUT2D eigenvalue weighted by molar-refractivity contribution is 7.81. The van der Waals surface area contributed by atoms with Gasteiger partial charge in [0.25, 0.3) is 0 Å². The summed E-state index contributed by atoms with van der Waals surface area (Å²) < 4.78 is 14.1. The first-order chi connectivity index (χ1) is 15.9. The summed E-state index contributed by atoms with van der Waals surface area (Å²) >= 11 is 0. The van der Waals surface area contributed by atoms with Gasteiger partial charge >= 0.3 is 0 Å². The maximum atomic E-state index is 12.4. The zero-order valence-electron chi connectivity index (χ0n) is 19.3. The summed E-state index contributed by atoms with van der Waals surface area (Å²) in [5, 5.41) is 7.58. The van der Waals surface area contributed by atoms with E-state index in [9.17, 15) is 13.8 Å². The normalized spacial score (nSPS) is 16.8. The van der Waals surface area contributed by atoms with E-state index in [-0.39, 0.29) is 43.5 Å². The zero-order chi connectivity index (χ0) is 23.8. The van der Waals surface area contributed by atoms with E-state index in [1.165, 1.54) is 16.3 Å². The molecule has 2 amide bonds. The molecule has 0 spiro atoms. The lowest BCUT2D eigenvalue weighted by molar-refractivity contribution is -0.126. The number of terminal acetylenes is 1. The van der Waals surface area contributed by atoms with Gasteiger partial charge in [0.2, 0.25) is 11.8 Å². The number of hydrogen-bond donors (Lipinski definition) is 2. The molecule has 1 heterocycles. The number of carbonyl (C=O) groups is 2. The Kier molecular flexibility index (Phi) is 9.01. The first-order valence-corrected chi connectivity index (χ1v) is 12.7. The minimum Gasteiger partial charge on any atom is -0.346 e. The van der Waals surface area contributed by atoms with E-state index in [0.29, 0.717) is 0 Å². The maximum Gasteiger partial charge on any atom is 0.240 e. The van der Waals surface area contributed by atoms with Gasteiger partial charge in [0.15, 0.2) is 0 Å². The number of fused-ring (bicyclic) bond motifs is 1. The fraction of sp³-hybridized carbons (Fsp3) is 0.440. The molecule has 2 aromatic carbocycles. The second-order valence-corrected chi connectivity index (χ2v) is 9.58. The Morgan fingerprint density at radius 3 is 2.55 bits per heavy atom. The predicted molar refractivity (Wildman–Crippen MR) is 133 cm³/mol. The van der Waals surface area contributed by atoms with Crippen molar-refractivity contribution in [3.05, 3.63) is 48.0 Å². The molecule has 2 N–H and O–H groups in total. The molecule has 8 heteroatoms. The van der Waals surface area contributed by atoms with E-state index in [1.807, 2.05) is 0 Å². The number of rotatable bonds is 9. The van der Waals surface area contributed by atoms with Crippen LogP contribution in [-0.2, 0) is 20.6 Å². The molecular formula is C25H32N4O3S. The van der Waals surface area contributed by atoms with Crippen molar-refractivity contribution in [2.24, 2.45) is 0 Å². The number of amides is 2. The van der Waals surface area contributed by atoms with Crippen molar-refractivity contribution in [1.29, 1.82) is 0 Å². The van der Waals surface area contributed by atoms with Gasteiger partial charge in [-0.15, -0.1) is 6.42 Å². The van der Waals surface area contributed by atoms with E-state index >= 15 is 0 Å². The average Bonchev–Trinajstić information content (AvgIpc) is 2.84. The van der Waals surface area contributed by atoms with Gasteiger partial charge < -0.3 is 10.6 Å². The van der Waals surface area contributed by atoms with Crippen molar-refractivity contribution in [2.75, 3.05) is 39.0 Å². The molecule has 2 atom stereocenters. The van der Waals surface area contributed by atoms with Gasteiger partial charge in [0.1, 0.15) is 0 Å². The van der Waals surface area contributed by atoms with Crippen molar-refractivity contribution in [3.63, 3.8) is 0 Å². The molecule has 1 fully saturated rings. The summed E-state index contributed by atoms with van der Waals surface area (Å²) in [6.07, 6.45) is 8.35. The highest BCUT2D eigenvalue weighted by Gasteiger charge is 2.30. The Bertz CT molecular complexity index is 1040. The minimum atomic E-state index is -1.29. The fourth-order valence-corrected chi connectivity index (χ4v) is 5.32. The Labute approximate surface area is 198 Å². The topological polar surface area (TPSA) is 81.8 Å². The Morgan fingerprint density at radius 2 is 1.85 bits per heavy atom. The van der Waals surface area contributed by atoms with E-state index in [2.05, 4.69) is 70.8 Å². The number of hydrogen-bond acceptors (Lipinski definition) is 4. The van der Waals surface area contributed by atoms with Crippen LogP contribution in [0.1, 0.15) is 31.4 Å². The van der Waals surface area contributed by atoms with Crippen LogP contribution in [0, 0.1) is 12.3 Å². The Hall–Kier alpha value is -2.73. The van der Waals surface area contributed by atoms with E-state index in [0.717, 1.165) is 25.9 Å². The van der Waals surface area contributed by atoms with Crippen LogP contribution >= 0.6 is 0 Å². The molecule has 0 aromatic heterocycles. The second kappa shape index (κ2) is 11.9. The fourth-order valence-electron chi connectivity index (χ4n) is 4.39. The van der Waals surface area contributed by atoms with Crippen molar-refractivity contribution in [2.45, 2.75) is 31.8 Å². The highest BCUT2D eigenvalue weighted by atomic mass is 32.2. The standard InChI is InChI=1S/C25H32N4O3S/c1-4-14-26-24(30)17-27-25(31)18-29(33(3)32)21-12-15-28(16-13-21)19(2)22-11-7-9-20-8-5-6-10-23(20)22/h1,5-11,19,21H,12-18H2,2-3H3,(H,26,30)(H,27,31). The predicted octanol–water partition coefficient (Wildman–Crippen LogP) is 1.83. The number of nitrogens with one attached hydrogen (secondary N) is 2. The molecule has 7 nitrogen and oxygen atoms in total. The monoisotopic (exact) mass is 468 g/mol.